The van der Waals surface area contributed by atoms with Crippen molar-refractivity contribution in [1.29, 1.82) is 5.26 Å². The van der Waals surface area contributed by atoms with Crippen molar-refractivity contribution in [3.8, 4) is 6.07 Å². The van der Waals surface area contributed by atoms with Gasteiger partial charge in [0.15, 0.2) is 0 Å². The number of likely N-dealkylation sites (N-methyl/N-ethyl adjacent to an activating group) is 1. The molecule has 0 heterocycles. The number of rotatable bonds is 4. The van der Waals surface area contributed by atoms with E-state index in [2.05, 4.69) is 0 Å². The molecule has 5 heteroatoms. The van der Waals surface area contributed by atoms with Gasteiger partial charge in [-0.3, -0.25) is 9.69 Å². The quantitative estimate of drug-likeness (QED) is 0.887. The molecule has 18 heavy (non-hydrogen) atoms. The van der Waals surface area contributed by atoms with Crippen molar-refractivity contribution in [2.45, 2.75) is 25.9 Å². The summed E-state index contributed by atoms with van der Waals surface area (Å²) < 4.78 is 13.1. The molecule has 4 nitrogen and oxygen atoms in total. The van der Waals surface area contributed by atoms with Crippen LogP contribution < -0.4 is 0 Å². The lowest BCUT2D eigenvalue weighted by Gasteiger charge is -2.31. The van der Waals surface area contributed by atoms with Crippen LogP contribution in [0.25, 0.3) is 0 Å². The van der Waals surface area contributed by atoms with Gasteiger partial charge in [-0.25, -0.2) is 4.39 Å². The second kappa shape index (κ2) is 5.15. The fourth-order valence-electron chi connectivity index (χ4n) is 1.42. The van der Waals surface area contributed by atoms with Gasteiger partial charge in [0.25, 0.3) is 0 Å². The van der Waals surface area contributed by atoms with Gasteiger partial charge in [-0.05, 0) is 44.7 Å². The molecular formula is C13H15FN2O2. The molecule has 1 N–H and O–H groups in total. The molecule has 0 fully saturated rings. The highest BCUT2D eigenvalue weighted by Crippen LogP contribution is 2.19. The van der Waals surface area contributed by atoms with Gasteiger partial charge in [-0.2, -0.15) is 5.26 Å². The Labute approximate surface area is 105 Å². The molecule has 1 rings (SSSR count). The summed E-state index contributed by atoms with van der Waals surface area (Å²) in [6.07, 6.45) is 0. The third-order valence-electron chi connectivity index (χ3n) is 3.07. The maximum Gasteiger partial charge on any atom is 0.323 e. The van der Waals surface area contributed by atoms with Crippen molar-refractivity contribution >= 4 is 5.97 Å². The molecule has 1 aromatic rings. The zero-order valence-corrected chi connectivity index (χ0v) is 10.6. The van der Waals surface area contributed by atoms with Crippen LogP contribution in [0, 0.1) is 17.1 Å². The van der Waals surface area contributed by atoms with Crippen LogP contribution in [0.5, 0.6) is 0 Å². The molecule has 0 saturated heterocycles. The van der Waals surface area contributed by atoms with Crippen LogP contribution in [0.1, 0.15) is 25.0 Å². The second-order valence-corrected chi connectivity index (χ2v) is 4.63. The monoisotopic (exact) mass is 250 g/mol. The molecule has 0 aliphatic rings. The highest BCUT2D eigenvalue weighted by atomic mass is 19.1. The van der Waals surface area contributed by atoms with Crippen LogP contribution in [0.2, 0.25) is 0 Å². The highest BCUT2D eigenvalue weighted by Gasteiger charge is 2.32. The molecular weight excluding hydrogens is 235 g/mol. The largest absolute Gasteiger partial charge is 0.480 e. The molecule has 0 amide bonds. The zero-order chi connectivity index (χ0) is 13.9. The number of nitriles is 1. The Balaban J connectivity index is 3.02. The van der Waals surface area contributed by atoms with Crippen molar-refractivity contribution in [2.24, 2.45) is 0 Å². The van der Waals surface area contributed by atoms with E-state index in [4.69, 9.17) is 10.4 Å². The van der Waals surface area contributed by atoms with Gasteiger partial charge in [-0.15, -0.1) is 0 Å². The lowest BCUT2D eigenvalue weighted by atomic mass is 10.0. The first-order chi connectivity index (χ1) is 8.28. The summed E-state index contributed by atoms with van der Waals surface area (Å²) in [5.74, 6) is -1.41. The smallest absolute Gasteiger partial charge is 0.323 e. The van der Waals surface area contributed by atoms with Gasteiger partial charge >= 0.3 is 5.97 Å². The van der Waals surface area contributed by atoms with E-state index < -0.39 is 17.3 Å². The van der Waals surface area contributed by atoms with Crippen molar-refractivity contribution in [3.63, 3.8) is 0 Å². The van der Waals surface area contributed by atoms with Gasteiger partial charge in [0.05, 0.1) is 11.6 Å². The van der Waals surface area contributed by atoms with Gasteiger partial charge in [0, 0.05) is 6.54 Å². The summed E-state index contributed by atoms with van der Waals surface area (Å²) in [5.41, 5.74) is -0.252. The summed E-state index contributed by atoms with van der Waals surface area (Å²) in [7, 11) is 1.63. The molecule has 96 valence electrons. The third-order valence-corrected chi connectivity index (χ3v) is 3.07. The van der Waals surface area contributed by atoms with Crippen LogP contribution in [-0.2, 0) is 11.3 Å². The van der Waals surface area contributed by atoms with E-state index in [1.165, 1.54) is 18.2 Å². The molecule has 0 unspecified atom stereocenters. The van der Waals surface area contributed by atoms with Crippen molar-refractivity contribution in [2.75, 3.05) is 7.05 Å². The lowest BCUT2D eigenvalue weighted by molar-refractivity contribution is -0.148. The number of aliphatic carboxylic acids is 1. The molecule has 1 aromatic carbocycles. The van der Waals surface area contributed by atoms with Crippen LogP contribution in [-0.4, -0.2) is 28.6 Å². The fourth-order valence-corrected chi connectivity index (χ4v) is 1.42. The first-order valence-corrected chi connectivity index (χ1v) is 5.42. The average molecular weight is 250 g/mol. The Bertz CT molecular complexity index is 506. The summed E-state index contributed by atoms with van der Waals surface area (Å²) in [4.78, 5) is 12.7. The molecule has 0 bridgehead atoms. The Hall–Kier alpha value is -1.93. The molecule has 0 spiro atoms. The first kappa shape index (κ1) is 14.1. The maximum atomic E-state index is 13.1. The van der Waals surface area contributed by atoms with Crippen LogP contribution >= 0.6 is 0 Å². The normalized spacial score (nSPS) is 11.3. The fraction of sp³-hybridized carbons (Fsp3) is 0.385. The predicted octanol–water partition coefficient (Wildman–Crippen LogP) is 1.99. The average Bonchev–Trinajstić information content (AvgIpc) is 2.29. The third kappa shape index (κ3) is 2.84. The predicted molar refractivity (Wildman–Crippen MR) is 64.3 cm³/mol. The Morgan fingerprint density at radius 3 is 2.67 bits per heavy atom. The lowest BCUT2D eigenvalue weighted by Crippen LogP contribution is -2.47. The molecule has 0 aromatic heterocycles. The molecule has 0 atom stereocenters. The number of nitrogens with zero attached hydrogens (tertiary/aromatic N) is 2. The SMILES string of the molecule is CN(Cc1cc(F)ccc1C#N)C(C)(C)C(=O)O. The Morgan fingerprint density at radius 2 is 2.17 bits per heavy atom. The maximum absolute atomic E-state index is 13.1. The standard InChI is InChI=1S/C13H15FN2O2/c1-13(2,12(17)18)16(3)8-10-6-11(14)5-4-9(10)7-15/h4-6H,8H2,1-3H3,(H,17,18). The molecule has 0 radical (unpaired) electrons. The number of carboxylic acids is 1. The van der Waals surface area contributed by atoms with E-state index in [1.54, 1.807) is 25.8 Å². The topological polar surface area (TPSA) is 64.3 Å². The highest BCUT2D eigenvalue weighted by molar-refractivity contribution is 5.77. The number of hydrogen-bond donors (Lipinski definition) is 1. The van der Waals surface area contributed by atoms with E-state index in [1.807, 2.05) is 6.07 Å². The van der Waals surface area contributed by atoms with Crippen molar-refractivity contribution in [3.05, 3.63) is 35.1 Å². The van der Waals surface area contributed by atoms with E-state index in [0.717, 1.165) is 0 Å². The summed E-state index contributed by atoms with van der Waals surface area (Å²) in [6, 6.07) is 5.83. The first-order valence-electron chi connectivity index (χ1n) is 5.42. The van der Waals surface area contributed by atoms with Crippen molar-refractivity contribution < 1.29 is 14.3 Å². The Morgan fingerprint density at radius 1 is 1.56 bits per heavy atom. The zero-order valence-electron chi connectivity index (χ0n) is 10.6. The number of halogens is 1. The van der Waals surface area contributed by atoms with Crippen LogP contribution in [0.15, 0.2) is 18.2 Å². The van der Waals surface area contributed by atoms with Gasteiger partial charge in [-0.1, -0.05) is 0 Å². The van der Waals surface area contributed by atoms with E-state index >= 15 is 0 Å². The van der Waals surface area contributed by atoms with Gasteiger partial charge in [0.2, 0.25) is 0 Å². The minimum absolute atomic E-state index is 0.194. The number of carbonyl (C=O) groups is 1. The summed E-state index contributed by atoms with van der Waals surface area (Å²) >= 11 is 0. The molecule has 0 saturated carbocycles. The number of carboxylic acid groups (broad SMARTS) is 1. The minimum Gasteiger partial charge on any atom is -0.480 e. The summed E-state index contributed by atoms with van der Waals surface area (Å²) in [5, 5.41) is 18.0. The van der Waals surface area contributed by atoms with Crippen LogP contribution in [0.3, 0.4) is 0 Å². The van der Waals surface area contributed by atoms with Crippen molar-refractivity contribution in [1.82, 2.24) is 4.90 Å². The van der Waals surface area contributed by atoms with E-state index in [-0.39, 0.29) is 6.54 Å². The molecule has 0 aliphatic carbocycles. The van der Waals surface area contributed by atoms with Crippen LogP contribution in [0.4, 0.5) is 4.39 Å². The summed E-state index contributed by atoms with van der Waals surface area (Å²) in [6.45, 7) is 3.31. The van der Waals surface area contributed by atoms with E-state index in [0.29, 0.717) is 11.1 Å². The Kier molecular flexibility index (Phi) is 4.04. The second-order valence-electron chi connectivity index (χ2n) is 4.63. The van der Waals surface area contributed by atoms with E-state index in [9.17, 15) is 9.18 Å². The molecule has 0 aliphatic heterocycles. The minimum atomic E-state index is -1.08. The van der Waals surface area contributed by atoms with Gasteiger partial charge in [0.1, 0.15) is 11.4 Å². The number of benzene rings is 1. The number of hydrogen-bond acceptors (Lipinski definition) is 3. The van der Waals surface area contributed by atoms with Gasteiger partial charge < -0.3 is 5.11 Å².